The van der Waals surface area contributed by atoms with Crippen LogP contribution in [0.2, 0.25) is 0 Å². The predicted octanol–water partition coefficient (Wildman–Crippen LogP) is 3.71. The van der Waals surface area contributed by atoms with Gasteiger partial charge in [-0.1, -0.05) is 32.5 Å². The maximum Gasteiger partial charge on any atom is 0.416 e. The molecule has 21 heavy (non-hydrogen) atoms. The van der Waals surface area contributed by atoms with Gasteiger partial charge < -0.3 is 11.1 Å². The van der Waals surface area contributed by atoms with Crippen molar-refractivity contribution in [3.63, 3.8) is 0 Å². The third-order valence-corrected chi connectivity index (χ3v) is 3.34. The Morgan fingerprint density at radius 2 is 2.05 bits per heavy atom. The summed E-state index contributed by atoms with van der Waals surface area (Å²) in [5, 5.41) is 2.56. The SMILES string of the molecule is CCC(C)CC(=O)Nc1ccc(C(F)(F)F)cc1C(N)=S. The lowest BCUT2D eigenvalue weighted by Crippen LogP contribution is -2.20. The summed E-state index contributed by atoms with van der Waals surface area (Å²) in [6.45, 7) is 3.87. The minimum atomic E-state index is -4.49. The van der Waals surface area contributed by atoms with Crippen LogP contribution in [-0.2, 0) is 11.0 Å². The molecule has 0 saturated carbocycles. The van der Waals surface area contributed by atoms with Gasteiger partial charge >= 0.3 is 6.18 Å². The molecule has 0 fully saturated rings. The molecule has 1 unspecified atom stereocenters. The molecule has 116 valence electrons. The maximum atomic E-state index is 12.7. The Labute approximate surface area is 126 Å². The fraction of sp³-hybridized carbons (Fsp3) is 0.429. The van der Waals surface area contributed by atoms with Crippen molar-refractivity contribution < 1.29 is 18.0 Å². The van der Waals surface area contributed by atoms with E-state index in [0.29, 0.717) is 0 Å². The zero-order chi connectivity index (χ0) is 16.2. The van der Waals surface area contributed by atoms with E-state index in [2.05, 4.69) is 5.32 Å². The summed E-state index contributed by atoms with van der Waals surface area (Å²) >= 11 is 4.75. The molecule has 0 aliphatic carbocycles. The Bertz CT molecular complexity index is 544. The molecule has 3 nitrogen and oxygen atoms in total. The fourth-order valence-corrected chi connectivity index (χ4v) is 1.86. The van der Waals surface area contributed by atoms with Crippen molar-refractivity contribution in [3.05, 3.63) is 29.3 Å². The Kier molecular flexibility index (Phi) is 5.71. The second-order valence-electron chi connectivity index (χ2n) is 4.89. The van der Waals surface area contributed by atoms with Crippen LogP contribution in [-0.4, -0.2) is 10.9 Å². The first kappa shape index (κ1) is 17.4. The van der Waals surface area contributed by atoms with Gasteiger partial charge in [0.1, 0.15) is 4.99 Å². The molecule has 0 saturated heterocycles. The van der Waals surface area contributed by atoms with E-state index in [-0.39, 0.29) is 34.5 Å². The maximum absolute atomic E-state index is 12.7. The normalized spacial score (nSPS) is 12.8. The third kappa shape index (κ3) is 5.00. The highest BCUT2D eigenvalue weighted by molar-refractivity contribution is 7.80. The second-order valence-corrected chi connectivity index (χ2v) is 5.33. The first-order chi connectivity index (χ1) is 9.65. The van der Waals surface area contributed by atoms with Crippen LogP contribution in [0, 0.1) is 5.92 Å². The van der Waals surface area contributed by atoms with Crippen LogP contribution in [0.5, 0.6) is 0 Å². The van der Waals surface area contributed by atoms with Crippen molar-refractivity contribution in [3.8, 4) is 0 Å². The summed E-state index contributed by atoms with van der Waals surface area (Å²) in [5.41, 5.74) is 4.80. The summed E-state index contributed by atoms with van der Waals surface area (Å²) in [7, 11) is 0. The van der Waals surface area contributed by atoms with Crippen LogP contribution >= 0.6 is 12.2 Å². The van der Waals surface area contributed by atoms with Gasteiger partial charge in [-0.25, -0.2) is 0 Å². The molecule has 0 aliphatic heterocycles. The number of anilines is 1. The van der Waals surface area contributed by atoms with E-state index in [1.807, 2.05) is 13.8 Å². The van der Waals surface area contributed by atoms with Crippen LogP contribution < -0.4 is 11.1 Å². The van der Waals surface area contributed by atoms with Gasteiger partial charge in [0.15, 0.2) is 0 Å². The number of rotatable bonds is 5. The van der Waals surface area contributed by atoms with Gasteiger partial charge in [0, 0.05) is 12.0 Å². The van der Waals surface area contributed by atoms with Crippen LogP contribution in [0.15, 0.2) is 18.2 Å². The van der Waals surface area contributed by atoms with Gasteiger partial charge in [0.05, 0.1) is 11.3 Å². The zero-order valence-corrected chi connectivity index (χ0v) is 12.6. The number of amides is 1. The van der Waals surface area contributed by atoms with Crippen LogP contribution in [0.3, 0.4) is 0 Å². The topological polar surface area (TPSA) is 55.1 Å². The molecule has 7 heteroatoms. The van der Waals surface area contributed by atoms with Crippen LogP contribution in [0.4, 0.5) is 18.9 Å². The van der Waals surface area contributed by atoms with E-state index >= 15 is 0 Å². The smallest absolute Gasteiger partial charge is 0.389 e. The zero-order valence-electron chi connectivity index (χ0n) is 11.8. The van der Waals surface area contributed by atoms with Crippen molar-refractivity contribution in [2.24, 2.45) is 11.7 Å². The number of carbonyl (C=O) groups is 1. The number of hydrogen-bond donors (Lipinski definition) is 2. The molecule has 1 aromatic carbocycles. The van der Waals surface area contributed by atoms with Gasteiger partial charge in [0.2, 0.25) is 5.91 Å². The molecule has 0 bridgehead atoms. The van der Waals surface area contributed by atoms with Gasteiger partial charge in [-0.3, -0.25) is 4.79 Å². The predicted molar refractivity (Wildman–Crippen MR) is 80.0 cm³/mol. The monoisotopic (exact) mass is 318 g/mol. The number of thiocarbonyl (C=S) groups is 1. The molecule has 0 heterocycles. The minimum absolute atomic E-state index is 0.0114. The van der Waals surface area contributed by atoms with Gasteiger partial charge in [-0.15, -0.1) is 0 Å². The molecule has 1 aromatic rings. The van der Waals surface area contributed by atoms with E-state index in [9.17, 15) is 18.0 Å². The molecule has 1 atom stereocenters. The van der Waals surface area contributed by atoms with Gasteiger partial charge in [0.25, 0.3) is 0 Å². The number of nitrogens with two attached hydrogens (primary N) is 1. The van der Waals surface area contributed by atoms with E-state index in [0.717, 1.165) is 18.6 Å². The van der Waals surface area contributed by atoms with Gasteiger partial charge in [-0.2, -0.15) is 13.2 Å². The second kappa shape index (κ2) is 6.89. The Morgan fingerprint density at radius 1 is 1.43 bits per heavy atom. The van der Waals surface area contributed by atoms with Crippen molar-refractivity contribution in [1.29, 1.82) is 0 Å². The number of hydrogen-bond acceptors (Lipinski definition) is 2. The highest BCUT2D eigenvalue weighted by Crippen LogP contribution is 2.32. The lowest BCUT2D eigenvalue weighted by atomic mass is 10.0. The number of carbonyl (C=O) groups excluding carboxylic acids is 1. The molecule has 1 amide bonds. The highest BCUT2D eigenvalue weighted by atomic mass is 32.1. The highest BCUT2D eigenvalue weighted by Gasteiger charge is 2.31. The van der Waals surface area contributed by atoms with Crippen molar-refractivity contribution >= 4 is 28.8 Å². The molecule has 0 aliphatic rings. The summed E-state index contributed by atoms with van der Waals surface area (Å²) in [6, 6.07) is 2.91. The van der Waals surface area contributed by atoms with E-state index < -0.39 is 11.7 Å². The number of nitrogens with one attached hydrogen (secondary N) is 1. The van der Waals surface area contributed by atoms with E-state index in [4.69, 9.17) is 18.0 Å². The Morgan fingerprint density at radius 3 is 2.52 bits per heavy atom. The standard InChI is InChI=1S/C14H17F3N2OS/c1-3-8(2)6-12(20)19-11-5-4-9(14(15,16)17)7-10(11)13(18)21/h4-5,7-8H,3,6H2,1-2H3,(H2,18,21)(H,19,20). The number of alkyl halides is 3. The van der Waals surface area contributed by atoms with Crippen molar-refractivity contribution in [2.75, 3.05) is 5.32 Å². The molecule has 0 aromatic heterocycles. The van der Waals surface area contributed by atoms with E-state index in [1.165, 1.54) is 6.07 Å². The van der Waals surface area contributed by atoms with Crippen LogP contribution in [0.25, 0.3) is 0 Å². The van der Waals surface area contributed by atoms with Crippen LogP contribution in [0.1, 0.15) is 37.8 Å². The summed E-state index contributed by atoms with van der Waals surface area (Å²) < 4.78 is 38.0. The quantitative estimate of drug-likeness (QED) is 0.814. The molecule has 0 radical (unpaired) electrons. The largest absolute Gasteiger partial charge is 0.416 e. The average molecular weight is 318 g/mol. The summed E-state index contributed by atoms with van der Waals surface area (Å²) in [5.74, 6) is -0.0886. The Balaban J connectivity index is 3.02. The molecular formula is C14H17F3N2OS. The third-order valence-electron chi connectivity index (χ3n) is 3.12. The molecule has 0 spiro atoms. The lowest BCUT2D eigenvalue weighted by Gasteiger charge is -2.14. The summed E-state index contributed by atoms with van der Waals surface area (Å²) in [6.07, 6.45) is -3.37. The number of benzene rings is 1. The Hall–Kier alpha value is -1.63. The number of halogens is 3. The molecule has 1 rings (SSSR count). The van der Waals surface area contributed by atoms with Crippen molar-refractivity contribution in [1.82, 2.24) is 0 Å². The summed E-state index contributed by atoms with van der Waals surface area (Å²) in [4.78, 5) is 11.6. The van der Waals surface area contributed by atoms with Gasteiger partial charge in [-0.05, 0) is 24.1 Å². The lowest BCUT2D eigenvalue weighted by molar-refractivity contribution is -0.137. The van der Waals surface area contributed by atoms with Crippen molar-refractivity contribution in [2.45, 2.75) is 32.9 Å². The minimum Gasteiger partial charge on any atom is -0.389 e. The average Bonchev–Trinajstić information content (AvgIpc) is 2.37. The molecule has 3 N–H and O–H groups in total. The molecular weight excluding hydrogens is 301 g/mol. The first-order valence-corrected chi connectivity index (χ1v) is 6.86. The first-order valence-electron chi connectivity index (χ1n) is 6.46. The van der Waals surface area contributed by atoms with E-state index in [1.54, 1.807) is 0 Å². The fourth-order valence-electron chi connectivity index (χ4n) is 1.70.